The van der Waals surface area contributed by atoms with Crippen LogP contribution in [0.15, 0.2) is 6.07 Å². The highest BCUT2D eigenvalue weighted by molar-refractivity contribution is 6.00. The summed E-state index contributed by atoms with van der Waals surface area (Å²) in [5, 5.41) is 0. The molecule has 1 unspecified atom stereocenters. The van der Waals surface area contributed by atoms with E-state index in [2.05, 4.69) is 58.1 Å². The summed E-state index contributed by atoms with van der Waals surface area (Å²) >= 11 is 0. The number of carbonyl (C=O) groups excluding carboxylic acids is 1. The van der Waals surface area contributed by atoms with Crippen LogP contribution in [0.1, 0.15) is 126 Å². The molecule has 0 amide bonds. The maximum absolute atomic E-state index is 12.2. The van der Waals surface area contributed by atoms with Crippen molar-refractivity contribution in [1.82, 2.24) is 0 Å². The number of aldehydes is 1. The lowest BCUT2D eigenvalue weighted by atomic mass is 9.75. The van der Waals surface area contributed by atoms with E-state index in [1.54, 1.807) is 0 Å². The minimum absolute atomic E-state index is 0.00994. The summed E-state index contributed by atoms with van der Waals surface area (Å²) < 4.78 is 5.73. The molecular formula is C24H37O2Si. The molecule has 1 aliphatic rings. The smallest absolute Gasteiger partial charge is 0.341 e. The summed E-state index contributed by atoms with van der Waals surface area (Å²) in [7, 11) is 3.32. The highest BCUT2D eigenvalue weighted by atomic mass is 28.2. The third kappa shape index (κ3) is 5.04. The van der Waals surface area contributed by atoms with Crippen LogP contribution in [0.2, 0.25) is 0 Å². The lowest BCUT2D eigenvalue weighted by Gasteiger charge is -2.31. The van der Waals surface area contributed by atoms with Crippen LogP contribution in [-0.2, 0) is 4.79 Å². The predicted molar refractivity (Wildman–Crippen MR) is 115 cm³/mol. The molecule has 0 aromatic heterocycles. The second-order valence-corrected chi connectivity index (χ2v) is 9.46. The van der Waals surface area contributed by atoms with Crippen LogP contribution < -0.4 is 4.43 Å². The largest absolute Gasteiger partial charge is 0.540 e. The van der Waals surface area contributed by atoms with E-state index in [1.165, 1.54) is 60.6 Å². The molecule has 2 nitrogen and oxygen atoms in total. The van der Waals surface area contributed by atoms with E-state index in [0.29, 0.717) is 23.7 Å². The van der Waals surface area contributed by atoms with Crippen molar-refractivity contribution in [2.24, 2.45) is 5.92 Å². The number of benzene rings is 1. The first-order valence-electron chi connectivity index (χ1n) is 10.8. The molecule has 2 rings (SSSR count). The molecule has 1 atom stereocenters. The normalized spacial score (nSPS) is 17.0. The van der Waals surface area contributed by atoms with Crippen LogP contribution in [0.5, 0.6) is 5.75 Å². The Bertz CT molecular complexity index is 628. The van der Waals surface area contributed by atoms with Crippen molar-refractivity contribution < 1.29 is 9.22 Å². The fraction of sp³-hybridized carbons (Fsp3) is 0.708. The number of hydrogen-bond donors (Lipinski definition) is 0. The van der Waals surface area contributed by atoms with Gasteiger partial charge in [0.25, 0.3) is 0 Å². The first kappa shape index (κ1) is 22.2. The second-order valence-electron chi connectivity index (χ2n) is 9.26. The van der Waals surface area contributed by atoms with Crippen LogP contribution in [0.25, 0.3) is 0 Å². The van der Waals surface area contributed by atoms with Crippen molar-refractivity contribution in [3.05, 3.63) is 28.3 Å². The Morgan fingerprint density at radius 2 is 1.56 bits per heavy atom. The van der Waals surface area contributed by atoms with Crippen LogP contribution in [0.4, 0.5) is 0 Å². The Balaban J connectivity index is 2.62. The van der Waals surface area contributed by atoms with Crippen molar-refractivity contribution in [3.8, 4) is 5.75 Å². The van der Waals surface area contributed by atoms with E-state index < -0.39 is 0 Å². The van der Waals surface area contributed by atoms with Crippen molar-refractivity contribution in [1.29, 1.82) is 0 Å². The standard InChI is InChI=1S/C24H37O2Si/c1-15(2)20-13-21(19(14-25)12-18-10-8-7-9-11-18)22(16(3)4)23(17(5)6)24(20)26-27/h13-19H,7-12H2,1-6H3. The molecule has 1 fully saturated rings. The van der Waals surface area contributed by atoms with Crippen molar-refractivity contribution >= 4 is 16.8 Å². The highest BCUT2D eigenvalue weighted by Gasteiger charge is 2.28. The van der Waals surface area contributed by atoms with Crippen LogP contribution >= 0.6 is 0 Å². The molecule has 3 radical (unpaired) electrons. The molecule has 0 saturated heterocycles. The van der Waals surface area contributed by atoms with Crippen LogP contribution in [-0.4, -0.2) is 16.8 Å². The fourth-order valence-electron chi connectivity index (χ4n) is 4.85. The minimum Gasteiger partial charge on any atom is -0.540 e. The minimum atomic E-state index is -0.00994. The average Bonchev–Trinajstić information content (AvgIpc) is 2.64. The highest BCUT2D eigenvalue weighted by Crippen LogP contribution is 2.45. The van der Waals surface area contributed by atoms with Gasteiger partial charge in [0.15, 0.2) is 0 Å². The van der Waals surface area contributed by atoms with E-state index in [9.17, 15) is 4.79 Å². The summed E-state index contributed by atoms with van der Waals surface area (Å²) in [6.07, 6.45) is 8.74. The number of carbonyl (C=O) groups is 1. The number of hydrogen-bond acceptors (Lipinski definition) is 2. The zero-order valence-corrected chi connectivity index (χ0v) is 19.1. The van der Waals surface area contributed by atoms with E-state index in [1.807, 2.05) is 0 Å². The molecule has 0 aliphatic heterocycles. The van der Waals surface area contributed by atoms with Gasteiger partial charge in [-0.05, 0) is 52.3 Å². The topological polar surface area (TPSA) is 26.3 Å². The molecule has 1 aromatic carbocycles. The van der Waals surface area contributed by atoms with Gasteiger partial charge in [-0.3, -0.25) is 0 Å². The maximum Gasteiger partial charge on any atom is 0.341 e. The first-order valence-corrected chi connectivity index (χ1v) is 11.2. The molecule has 1 saturated carbocycles. The molecule has 0 bridgehead atoms. The predicted octanol–water partition coefficient (Wildman–Crippen LogP) is 6.77. The van der Waals surface area contributed by atoms with Gasteiger partial charge in [0.2, 0.25) is 0 Å². The molecule has 3 heteroatoms. The van der Waals surface area contributed by atoms with E-state index in [-0.39, 0.29) is 5.92 Å². The Kier molecular flexibility index (Phi) is 8.15. The average molecular weight is 386 g/mol. The van der Waals surface area contributed by atoms with Crippen molar-refractivity contribution in [2.45, 2.75) is 104 Å². The van der Waals surface area contributed by atoms with E-state index in [4.69, 9.17) is 4.43 Å². The molecule has 0 spiro atoms. The molecule has 1 aromatic rings. The van der Waals surface area contributed by atoms with Crippen LogP contribution in [0.3, 0.4) is 0 Å². The Hall–Kier alpha value is -1.09. The summed E-state index contributed by atoms with van der Waals surface area (Å²) in [6, 6.07) is 2.27. The second kappa shape index (κ2) is 9.91. The SMILES string of the molecule is CC(C)c1cc(C(C=O)CC2CCCCC2)c(C(C)C)c(C(C)C)c1O[Si]. The summed E-state index contributed by atoms with van der Waals surface area (Å²) in [6.45, 7) is 13.3. The van der Waals surface area contributed by atoms with Gasteiger partial charge in [-0.25, -0.2) is 0 Å². The third-order valence-electron chi connectivity index (χ3n) is 6.17. The van der Waals surface area contributed by atoms with Gasteiger partial charge in [0.1, 0.15) is 12.0 Å². The zero-order chi connectivity index (χ0) is 20.1. The van der Waals surface area contributed by atoms with Crippen LogP contribution in [0, 0.1) is 5.92 Å². The van der Waals surface area contributed by atoms with Crippen molar-refractivity contribution in [2.75, 3.05) is 0 Å². The van der Waals surface area contributed by atoms with Gasteiger partial charge in [-0.15, -0.1) is 0 Å². The van der Waals surface area contributed by atoms with Gasteiger partial charge >= 0.3 is 10.5 Å². The first-order chi connectivity index (χ1) is 12.8. The third-order valence-corrected chi connectivity index (χ3v) is 6.38. The van der Waals surface area contributed by atoms with E-state index >= 15 is 0 Å². The molecule has 0 heterocycles. The molecule has 149 valence electrons. The molecular weight excluding hydrogens is 348 g/mol. The lowest BCUT2D eigenvalue weighted by Crippen LogP contribution is -2.17. The van der Waals surface area contributed by atoms with E-state index in [0.717, 1.165) is 12.2 Å². The molecule has 27 heavy (non-hydrogen) atoms. The van der Waals surface area contributed by atoms with Gasteiger partial charge in [0, 0.05) is 5.92 Å². The number of rotatable bonds is 8. The Morgan fingerprint density at radius 1 is 0.963 bits per heavy atom. The van der Waals surface area contributed by atoms with Gasteiger partial charge in [-0.1, -0.05) is 79.7 Å². The molecule has 1 aliphatic carbocycles. The fourth-order valence-corrected chi connectivity index (χ4v) is 5.08. The summed E-state index contributed by atoms with van der Waals surface area (Å²) in [5.74, 6) is 2.67. The lowest BCUT2D eigenvalue weighted by molar-refractivity contribution is -0.109. The van der Waals surface area contributed by atoms with Gasteiger partial charge < -0.3 is 9.22 Å². The quantitative estimate of drug-likeness (QED) is 0.364. The van der Waals surface area contributed by atoms with Crippen molar-refractivity contribution in [3.63, 3.8) is 0 Å². The van der Waals surface area contributed by atoms with Gasteiger partial charge in [0.05, 0.1) is 0 Å². The Morgan fingerprint density at radius 3 is 2.00 bits per heavy atom. The van der Waals surface area contributed by atoms with Gasteiger partial charge in [-0.2, -0.15) is 0 Å². The molecule has 0 N–H and O–H groups in total. The Labute approximate surface area is 170 Å². The zero-order valence-electron chi connectivity index (χ0n) is 18.1. The summed E-state index contributed by atoms with van der Waals surface area (Å²) in [4.78, 5) is 12.2. The summed E-state index contributed by atoms with van der Waals surface area (Å²) in [5.41, 5.74) is 5.02. The monoisotopic (exact) mass is 385 g/mol. The maximum atomic E-state index is 12.2.